The van der Waals surface area contributed by atoms with Gasteiger partial charge in [-0.15, -0.1) is 0 Å². The van der Waals surface area contributed by atoms with Crippen LogP contribution in [0.25, 0.3) is 38.6 Å². The highest BCUT2D eigenvalue weighted by Crippen LogP contribution is 2.32. The summed E-state index contributed by atoms with van der Waals surface area (Å²) in [6.07, 6.45) is -5.82. The minimum atomic E-state index is -4.58. The van der Waals surface area contributed by atoms with E-state index in [4.69, 9.17) is 0 Å². The van der Waals surface area contributed by atoms with E-state index in [1.54, 1.807) is 36.1 Å². The number of fused-ring (bicyclic) bond motifs is 2. The van der Waals surface area contributed by atoms with Crippen molar-refractivity contribution in [2.24, 2.45) is 7.05 Å². The smallest absolute Gasteiger partial charge is 0.361 e. The molecule has 0 amide bonds. The zero-order valence-electron chi connectivity index (χ0n) is 19.0. The highest BCUT2D eigenvalue weighted by Gasteiger charge is 2.30. The number of hydrogen-bond donors (Lipinski definition) is 1. The van der Waals surface area contributed by atoms with Gasteiger partial charge >= 0.3 is 12.4 Å². The van der Waals surface area contributed by atoms with Crippen LogP contribution in [0.4, 0.5) is 32.2 Å². The summed E-state index contributed by atoms with van der Waals surface area (Å²) in [5, 5.41) is 7.63. The fourth-order valence-electron chi connectivity index (χ4n) is 4.05. The Morgan fingerprint density at radius 3 is 2.30 bits per heavy atom. The van der Waals surface area contributed by atoms with E-state index in [2.05, 4.69) is 15.4 Å². The van der Waals surface area contributed by atoms with E-state index in [0.29, 0.717) is 16.6 Å². The minimum Gasteiger partial charge on any atom is -0.361 e. The first-order valence-corrected chi connectivity index (χ1v) is 10.9. The molecule has 0 radical (unpaired) electrons. The van der Waals surface area contributed by atoms with Crippen LogP contribution >= 0.6 is 0 Å². The molecule has 1 N–H and O–H groups in total. The molecule has 0 fully saturated rings. The maximum absolute atomic E-state index is 13.7. The molecule has 3 heterocycles. The molecule has 0 aliphatic carbocycles. The molecule has 12 heteroatoms. The molecule has 6 nitrogen and oxygen atoms in total. The zero-order valence-corrected chi connectivity index (χ0v) is 19.0. The van der Waals surface area contributed by atoms with Gasteiger partial charge in [-0.2, -0.15) is 31.4 Å². The van der Waals surface area contributed by atoms with E-state index in [9.17, 15) is 31.1 Å². The van der Waals surface area contributed by atoms with Gasteiger partial charge in [-0.05, 0) is 48.0 Å². The van der Waals surface area contributed by atoms with Gasteiger partial charge in [0, 0.05) is 35.9 Å². The average molecular weight is 517 g/mol. The molecule has 0 aliphatic heterocycles. The monoisotopic (exact) mass is 517 g/mol. The van der Waals surface area contributed by atoms with Crippen LogP contribution in [-0.4, -0.2) is 32.1 Å². The summed E-state index contributed by atoms with van der Waals surface area (Å²) in [5.74, 6) is -0.132. The normalized spacial score (nSPS) is 12.4. The molecule has 190 valence electrons. The van der Waals surface area contributed by atoms with Gasteiger partial charge in [0.15, 0.2) is 0 Å². The number of nitrogens with one attached hydrogen (secondary N) is 1. The van der Waals surface area contributed by atoms with Crippen molar-refractivity contribution in [3.05, 3.63) is 82.9 Å². The maximum Gasteiger partial charge on any atom is 0.416 e. The SMILES string of the molecule is Cn1cc2cc(-n3cc4ccc(NCC(F)(F)F)nc4c(-c4ccc(C(F)(F)F)cc4)c3=O)ccc2n1. The third-order valence-electron chi connectivity index (χ3n) is 5.72. The molecular weight excluding hydrogens is 500 g/mol. The van der Waals surface area contributed by atoms with Gasteiger partial charge in [0.25, 0.3) is 5.56 Å². The number of rotatable bonds is 4. The average Bonchev–Trinajstić information content (AvgIpc) is 3.20. The van der Waals surface area contributed by atoms with Gasteiger partial charge in [0.05, 0.1) is 22.2 Å². The molecule has 0 spiro atoms. The molecule has 2 aromatic carbocycles. The molecule has 0 unspecified atom stereocenters. The van der Waals surface area contributed by atoms with E-state index >= 15 is 0 Å². The Morgan fingerprint density at radius 1 is 0.892 bits per heavy atom. The van der Waals surface area contributed by atoms with Gasteiger partial charge in [-0.25, -0.2) is 4.98 Å². The second kappa shape index (κ2) is 8.64. The van der Waals surface area contributed by atoms with Crippen LogP contribution in [-0.2, 0) is 13.2 Å². The van der Waals surface area contributed by atoms with Crippen LogP contribution in [0.3, 0.4) is 0 Å². The molecular formula is C25H17F6N5O. The van der Waals surface area contributed by atoms with E-state index in [-0.39, 0.29) is 22.5 Å². The quantitative estimate of drug-likeness (QED) is 0.300. The summed E-state index contributed by atoms with van der Waals surface area (Å²) < 4.78 is 80.4. The van der Waals surface area contributed by atoms with Crippen molar-refractivity contribution in [1.82, 2.24) is 19.3 Å². The first-order valence-electron chi connectivity index (χ1n) is 10.9. The topological polar surface area (TPSA) is 64.7 Å². The molecule has 0 bridgehead atoms. The molecule has 37 heavy (non-hydrogen) atoms. The first-order chi connectivity index (χ1) is 17.4. The molecule has 3 aromatic heterocycles. The van der Waals surface area contributed by atoms with Crippen LogP contribution in [0.1, 0.15) is 5.56 Å². The van der Waals surface area contributed by atoms with Gasteiger partial charge in [0.1, 0.15) is 12.4 Å². The number of halogens is 6. The number of benzene rings is 2. The molecule has 0 saturated heterocycles. The van der Waals surface area contributed by atoms with Crippen LogP contribution in [0.2, 0.25) is 0 Å². The summed E-state index contributed by atoms with van der Waals surface area (Å²) >= 11 is 0. The number of nitrogens with zero attached hydrogens (tertiary/aromatic N) is 4. The molecule has 5 aromatic rings. The van der Waals surface area contributed by atoms with Crippen LogP contribution in [0, 0.1) is 0 Å². The summed E-state index contributed by atoms with van der Waals surface area (Å²) in [5.41, 5.74) is -0.190. The lowest BCUT2D eigenvalue weighted by Gasteiger charge is -2.15. The Morgan fingerprint density at radius 2 is 1.62 bits per heavy atom. The lowest BCUT2D eigenvalue weighted by atomic mass is 10.0. The lowest BCUT2D eigenvalue weighted by Crippen LogP contribution is -2.22. The molecule has 0 saturated carbocycles. The molecule has 0 atom stereocenters. The number of anilines is 1. The first kappa shape index (κ1) is 24.3. The Balaban J connectivity index is 1.72. The van der Waals surface area contributed by atoms with Gasteiger partial charge in [0.2, 0.25) is 0 Å². The van der Waals surface area contributed by atoms with Crippen molar-refractivity contribution in [3.63, 3.8) is 0 Å². The fraction of sp³-hybridized carbons (Fsp3) is 0.160. The lowest BCUT2D eigenvalue weighted by molar-refractivity contribution is -0.137. The summed E-state index contributed by atoms with van der Waals surface area (Å²) in [7, 11) is 1.75. The Hall–Kier alpha value is -4.35. The second-order valence-corrected chi connectivity index (χ2v) is 8.40. The minimum absolute atomic E-state index is 0.0480. The van der Waals surface area contributed by atoms with Crippen molar-refractivity contribution >= 4 is 27.6 Å². The predicted molar refractivity (Wildman–Crippen MR) is 127 cm³/mol. The van der Waals surface area contributed by atoms with Crippen molar-refractivity contribution in [1.29, 1.82) is 0 Å². The standard InChI is InChI=1S/C25H17F6N5O/c1-35-11-16-10-18(7-8-19(16)34-35)36-12-15-4-9-20(32-13-24(26,27)28)33-22(15)21(23(36)37)14-2-5-17(6-3-14)25(29,30)31/h2-12H,13H2,1H3,(H,32,33). The Kier molecular flexibility index (Phi) is 5.69. The second-order valence-electron chi connectivity index (χ2n) is 8.40. The third kappa shape index (κ3) is 4.86. The van der Waals surface area contributed by atoms with Crippen LogP contribution < -0.4 is 10.9 Å². The van der Waals surface area contributed by atoms with Gasteiger partial charge < -0.3 is 5.32 Å². The van der Waals surface area contributed by atoms with E-state index in [0.717, 1.165) is 29.7 Å². The third-order valence-corrected chi connectivity index (χ3v) is 5.72. The summed E-state index contributed by atoms with van der Waals surface area (Å²) in [6.45, 7) is -1.34. The maximum atomic E-state index is 13.7. The Bertz CT molecular complexity index is 1680. The Labute approximate surface area is 204 Å². The number of aromatic nitrogens is 4. The largest absolute Gasteiger partial charge is 0.416 e. The van der Waals surface area contributed by atoms with E-state index < -0.39 is 30.0 Å². The predicted octanol–water partition coefficient (Wildman–Crippen LogP) is 5.93. The highest BCUT2D eigenvalue weighted by atomic mass is 19.4. The van der Waals surface area contributed by atoms with Crippen molar-refractivity contribution in [2.75, 3.05) is 11.9 Å². The highest BCUT2D eigenvalue weighted by molar-refractivity contribution is 5.94. The van der Waals surface area contributed by atoms with Crippen molar-refractivity contribution in [2.45, 2.75) is 12.4 Å². The number of aryl methyl sites for hydroxylation is 1. The van der Waals surface area contributed by atoms with E-state index in [1.807, 2.05) is 0 Å². The van der Waals surface area contributed by atoms with E-state index in [1.165, 1.54) is 22.9 Å². The number of pyridine rings is 2. The molecule has 0 aliphatic rings. The van der Waals surface area contributed by atoms with Gasteiger partial charge in [-0.1, -0.05) is 12.1 Å². The van der Waals surface area contributed by atoms with Gasteiger partial charge in [-0.3, -0.25) is 14.0 Å². The zero-order chi connectivity index (χ0) is 26.5. The van der Waals surface area contributed by atoms with Crippen LogP contribution in [0.15, 0.2) is 71.8 Å². The summed E-state index contributed by atoms with van der Waals surface area (Å²) in [6, 6.07) is 11.9. The summed E-state index contributed by atoms with van der Waals surface area (Å²) in [4.78, 5) is 17.9. The molecule has 5 rings (SSSR count). The van der Waals surface area contributed by atoms with Crippen molar-refractivity contribution < 1.29 is 26.3 Å². The number of alkyl halides is 6. The van der Waals surface area contributed by atoms with Crippen LogP contribution in [0.5, 0.6) is 0 Å². The number of hydrogen-bond acceptors (Lipinski definition) is 4. The van der Waals surface area contributed by atoms with Crippen molar-refractivity contribution in [3.8, 4) is 16.8 Å². The fourth-order valence-corrected chi connectivity index (χ4v) is 4.05.